The van der Waals surface area contributed by atoms with E-state index in [1.165, 1.54) is 15.5 Å². The number of furan rings is 1. The number of fused-ring (bicyclic) bond motifs is 5. The Kier molecular flexibility index (Phi) is 2.40. The second-order valence-electron chi connectivity index (χ2n) is 5.27. The van der Waals surface area contributed by atoms with Crippen LogP contribution in [0.15, 0.2) is 70.6 Å². The summed E-state index contributed by atoms with van der Waals surface area (Å²) in [4.78, 5) is 4.46. The molecule has 3 heterocycles. The molecule has 0 aliphatic carbocycles. The molecule has 5 aromatic rings. The summed E-state index contributed by atoms with van der Waals surface area (Å²) in [5.74, 6) is 0. The zero-order chi connectivity index (χ0) is 14.5. The SMILES string of the molecule is c1ccc(-c2cccc3c2oc2c4ccsc4ccc32)nc1. The number of thiophene rings is 1. The molecule has 0 saturated heterocycles. The second kappa shape index (κ2) is 4.42. The van der Waals surface area contributed by atoms with E-state index in [0.717, 1.165) is 27.8 Å². The Labute approximate surface area is 130 Å². The Balaban J connectivity index is 1.96. The second-order valence-corrected chi connectivity index (χ2v) is 6.22. The maximum Gasteiger partial charge on any atom is 0.144 e. The van der Waals surface area contributed by atoms with E-state index in [1.807, 2.05) is 24.4 Å². The third-order valence-corrected chi connectivity index (χ3v) is 4.92. The number of benzene rings is 2. The molecule has 0 spiro atoms. The van der Waals surface area contributed by atoms with Gasteiger partial charge in [0.25, 0.3) is 0 Å². The standard InChI is InChI=1S/C19H11NOS/c1-2-10-20-16(6-1)14-5-3-4-12-13-7-8-17-15(9-11-22-17)19(13)21-18(12)14/h1-11H. The van der Waals surface area contributed by atoms with Crippen LogP contribution in [0.5, 0.6) is 0 Å². The van der Waals surface area contributed by atoms with Gasteiger partial charge in [-0.3, -0.25) is 4.98 Å². The topological polar surface area (TPSA) is 26.0 Å². The van der Waals surface area contributed by atoms with Crippen molar-refractivity contribution in [3.63, 3.8) is 0 Å². The van der Waals surface area contributed by atoms with Gasteiger partial charge in [-0.25, -0.2) is 0 Å². The monoisotopic (exact) mass is 301 g/mol. The highest BCUT2D eigenvalue weighted by Crippen LogP contribution is 2.39. The van der Waals surface area contributed by atoms with Gasteiger partial charge in [0.05, 0.1) is 5.69 Å². The van der Waals surface area contributed by atoms with Crippen molar-refractivity contribution in [3.05, 3.63) is 66.2 Å². The van der Waals surface area contributed by atoms with Crippen molar-refractivity contribution in [2.24, 2.45) is 0 Å². The molecule has 0 amide bonds. The van der Waals surface area contributed by atoms with E-state index in [9.17, 15) is 0 Å². The molecule has 22 heavy (non-hydrogen) atoms. The fourth-order valence-electron chi connectivity index (χ4n) is 3.02. The fourth-order valence-corrected chi connectivity index (χ4v) is 3.81. The van der Waals surface area contributed by atoms with Crippen LogP contribution >= 0.6 is 11.3 Å². The van der Waals surface area contributed by atoms with Crippen LogP contribution in [0.3, 0.4) is 0 Å². The molecule has 0 aliphatic rings. The smallest absolute Gasteiger partial charge is 0.144 e. The number of hydrogen-bond donors (Lipinski definition) is 0. The first-order valence-electron chi connectivity index (χ1n) is 7.15. The van der Waals surface area contributed by atoms with Crippen molar-refractivity contribution >= 4 is 43.4 Å². The van der Waals surface area contributed by atoms with Crippen LogP contribution in [0.25, 0.3) is 43.3 Å². The molecule has 0 atom stereocenters. The van der Waals surface area contributed by atoms with E-state index in [1.54, 1.807) is 11.3 Å². The predicted molar refractivity (Wildman–Crippen MR) is 92.3 cm³/mol. The lowest BCUT2D eigenvalue weighted by Gasteiger charge is -2.00. The zero-order valence-corrected chi connectivity index (χ0v) is 12.4. The number of rotatable bonds is 1. The van der Waals surface area contributed by atoms with E-state index in [4.69, 9.17) is 4.42 Å². The summed E-state index contributed by atoms with van der Waals surface area (Å²) in [5.41, 5.74) is 3.86. The van der Waals surface area contributed by atoms with E-state index >= 15 is 0 Å². The van der Waals surface area contributed by atoms with Crippen molar-refractivity contribution in [2.75, 3.05) is 0 Å². The minimum Gasteiger partial charge on any atom is -0.455 e. The van der Waals surface area contributed by atoms with Crippen LogP contribution in [0.4, 0.5) is 0 Å². The summed E-state index contributed by atoms with van der Waals surface area (Å²) in [6, 6.07) is 18.7. The number of nitrogens with zero attached hydrogens (tertiary/aromatic N) is 1. The van der Waals surface area contributed by atoms with Crippen molar-refractivity contribution < 1.29 is 4.42 Å². The summed E-state index contributed by atoms with van der Waals surface area (Å²) < 4.78 is 7.53. The molecule has 5 rings (SSSR count). The quantitative estimate of drug-likeness (QED) is 0.387. The summed E-state index contributed by atoms with van der Waals surface area (Å²) in [5, 5.41) is 5.60. The average molecular weight is 301 g/mol. The molecular formula is C19H11NOS. The normalized spacial score (nSPS) is 11.6. The molecule has 0 N–H and O–H groups in total. The van der Waals surface area contributed by atoms with Crippen LogP contribution in [-0.4, -0.2) is 4.98 Å². The number of para-hydroxylation sites is 1. The lowest BCUT2D eigenvalue weighted by Crippen LogP contribution is -1.81. The van der Waals surface area contributed by atoms with E-state index in [-0.39, 0.29) is 0 Å². The maximum atomic E-state index is 6.28. The van der Waals surface area contributed by atoms with Crippen LogP contribution in [0.2, 0.25) is 0 Å². The molecule has 0 unspecified atom stereocenters. The highest BCUT2D eigenvalue weighted by atomic mass is 32.1. The first-order valence-corrected chi connectivity index (χ1v) is 8.02. The zero-order valence-electron chi connectivity index (χ0n) is 11.6. The Hall–Kier alpha value is -2.65. The van der Waals surface area contributed by atoms with Crippen LogP contribution in [0.1, 0.15) is 0 Å². The molecule has 0 radical (unpaired) electrons. The van der Waals surface area contributed by atoms with Crippen LogP contribution in [0, 0.1) is 0 Å². The van der Waals surface area contributed by atoms with Crippen molar-refractivity contribution in [3.8, 4) is 11.3 Å². The van der Waals surface area contributed by atoms with Gasteiger partial charge in [0.15, 0.2) is 0 Å². The summed E-state index contributed by atoms with van der Waals surface area (Å²) in [7, 11) is 0. The summed E-state index contributed by atoms with van der Waals surface area (Å²) >= 11 is 1.74. The lowest BCUT2D eigenvalue weighted by atomic mass is 10.1. The molecular weight excluding hydrogens is 290 g/mol. The molecule has 0 fully saturated rings. The maximum absolute atomic E-state index is 6.28. The predicted octanol–water partition coefficient (Wildman–Crippen LogP) is 5.86. The lowest BCUT2D eigenvalue weighted by molar-refractivity contribution is 0.673. The minimum atomic E-state index is 0.912. The molecule has 0 bridgehead atoms. The highest BCUT2D eigenvalue weighted by molar-refractivity contribution is 7.17. The molecule has 0 saturated carbocycles. The van der Waals surface area contributed by atoms with E-state index in [2.05, 4.69) is 46.8 Å². The summed E-state index contributed by atoms with van der Waals surface area (Å²) in [6.07, 6.45) is 1.81. The van der Waals surface area contributed by atoms with Gasteiger partial charge in [0.2, 0.25) is 0 Å². The van der Waals surface area contributed by atoms with Crippen molar-refractivity contribution in [1.82, 2.24) is 4.98 Å². The van der Waals surface area contributed by atoms with Gasteiger partial charge in [-0.05, 0) is 41.8 Å². The first-order chi connectivity index (χ1) is 10.9. The minimum absolute atomic E-state index is 0.912. The molecule has 2 aromatic carbocycles. The summed E-state index contributed by atoms with van der Waals surface area (Å²) in [6.45, 7) is 0. The first kappa shape index (κ1) is 12.0. The third-order valence-electron chi connectivity index (χ3n) is 4.04. The van der Waals surface area contributed by atoms with Gasteiger partial charge in [-0.2, -0.15) is 0 Å². The van der Waals surface area contributed by atoms with Crippen molar-refractivity contribution in [1.29, 1.82) is 0 Å². The number of aromatic nitrogens is 1. The van der Waals surface area contributed by atoms with Gasteiger partial charge < -0.3 is 4.42 Å². The largest absolute Gasteiger partial charge is 0.455 e. The Morgan fingerprint density at radius 2 is 1.73 bits per heavy atom. The molecule has 3 aromatic heterocycles. The molecule has 3 heteroatoms. The van der Waals surface area contributed by atoms with Crippen LogP contribution < -0.4 is 0 Å². The van der Waals surface area contributed by atoms with Crippen LogP contribution in [-0.2, 0) is 0 Å². The van der Waals surface area contributed by atoms with E-state index < -0.39 is 0 Å². The Bertz CT molecular complexity index is 1120. The Morgan fingerprint density at radius 1 is 0.773 bits per heavy atom. The highest BCUT2D eigenvalue weighted by Gasteiger charge is 2.14. The molecule has 104 valence electrons. The van der Waals surface area contributed by atoms with Gasteiger partial charge in [-0.15, -0.1) is 11.3 Å². The van der Waals surface area contributed by atoms with Gasteiger partial charge in [-0.1, -0.05) is 18.2 Å². The number of hydrogen-bond acceptors (Lipinski definition) is 3. The van der Waals surface area contributed by atoms with E-state index in [0.29, 0.717) is 0 Å². The van der Waals surface area contributed by atoms with Gasteiger partial charge >= 0.3 is 0 Å². The number of pyridine rings is 1. The van der Waals surface area contributed by atoms with Gasteiger partial charge in [0, 0.05) is 32.6 Å². The van der Waals surface area contributed by atoms with Gasteiger partial charge in [0.1, 0.15) is 11.2 Å². The van der Waals surface area contributed by atoms with Crippen molar-refractivity contribution in [2.45, 2.75) is 0 Å². The molecule has 0 aliphatic heterocycles. The molecule has 2 nitrogen and oxygen atoms in total. The average Bonchev–Trinajstić information content (AvgIpc) is 3.19. The fraction of sp³-hybridized carbons (Fsp3) is 0. The Morgan fingerprint density at radius 3 is 2.64 bits per heavy atom. The third kappa shape index (κ3) is 1.57.